The molecule has 0 fully saturated rings. The third kappa shape index (κ3) is 2.87. The Morgan fingerprint density at radius 2 is 2.11 bits per heavy atom. The van der Waals surface area contributed by atoms with E-state index in [9.17, 15) is 0 Å². The molecule has 3 rings (SSSR count). The van der Waals surface area contributed by atoms with Crippen molar-refractivity contribution in [2.24, 2.45) is 0 Å². The second kappa shape index (κ2) is 5.52. The van der Waals surface area contributed by atoms with Crippen molar-refractivity contribution in [1.29, 1.82) is 0 Å². The van der Waals surface area contributed by atoms with Crippen molar-refractivity contribution >= 4 is 60.4 Å². The van der Waals surface area contributed by atoms with Crippen LogP contribution in [0.25, 0.3) is 10.2 Å². The van der Waals surface area contributed by atoms with Crippen LogP contribution in [0, 0.1) is 6.92 Å². The minimum atomic E-state index is -0.00411. The van der Waals surface area contributed by atoms with Crippen LogP contribution in [0.5, 0.6) is 0 Å². The van der Waals surface area contributed by atoms with Gasteiger partial charge in [0.1, 0.15) is 0 Å². The summed E-state index contributed by atoms with van der Waals surface area (Å²) < 4.78 is 2.39. The highest BCUT2D eigenvalue weighted by molar-refractivity contribution is 9.11. The van der Waals surface area contributed by atoms with Crippen molar-refractivity contribution in [2.75, 3.05) is 0 Å². The first-order valence-corrected chi connectivity index (χ1v) is 8.74. The molecule has 0 saturated heterocycles. The average Bonchev–Trinajstić information content (AvgIpc) is 2.93. The van der Waals surface area contributed by atoms with Crippen LogP contribution >= 0.6 is 50.2 Å². The number of benzene rings is 1. The van der Waals surface area contributed by atoms with E-state index in [2.05, 4.69) is 40.0 Å². The molecule has 0 aliphatic rings. The van der Waals surface area contributed by atoms with E-state index in [0.717, 1.165) is 20.7 Å². The van der Waals surface area contributed by atoms with Crippen LogP contribution in [0.1, 0.15) is 20.8 Å². The SMILES string of the molecule is Cc1cc(C(Cl)Cc2nc3ccccc3s2)sc1Br. The van der Waals surface area contributed by atoms with Gasteiger partial charge in [0.05, 0.1) is 24.4 Å². The van der Waals surface area contributed by atoms with Crippen LogP contribution in [0.4, 0.5) is 0 Å². The Hall–Kier alpha value is -0.420. The predicted molar refractivity (Wildman–Crippen MR) is 88.7 cm³/mol. The number of hydrogen-bond donors (Lipinski definition) is 0. The van der Waals surface area contributed by atoms with Gasteiger partial charge in [-0.25, -0.2) is 4.98 Å². The van der Waals surface area contributed by atoms with Gasteiger partial charge in [0.15, 0.2) is 0 Å². The van der Waals surface area contributed by atoms with Crippen molar-refractivity contribution in [3.05, 3.63) is 49.6 Å². The minimum Gasteiger partial charge on any atom is -0.241 e. The summed E-state index contributed by atoms with van der Waals surface area (Å²) in [5, 5.41) is 1.10. The number of nitrogens with zero attached hydrogens (tertiary/aromatic N) is 1. The van der Waals surface area contributed by atoms with Crippen LogP contribution in [0.15, 0.2) is 34.1 Å². The van der Waals surface area contributed by atoms with Crippen molar-refractivity contribution in [3.8, 4) is 0 Å². The van der Waals surface area contributed by atoms with Gasteiger partial charge >= 0.3 is 0 Å². The Labute approximate surface area is 133 Å². The predicted octanol–water partition coefficient (Wildman–Crippen LogP) is 5.95. The molecule has 0 bridgehead atoms. The molecule has 1 aromatic carbocycles. The van der Waals surface area contributed by atoms with E-state index < -0.39 is 0 Å². The summed E-state index contributed by atoms with van der Waals surface area (Å²) in [6, 6.07) is 10.4. The molecular weight excluding hydrogens is 362 g/mol. The first-order valence-electron chi connectivity index (χ1n) is 5.88. The second-order valence-electron chi connectivity index (χ2n) is 4.35. The maximum Gasteiger partial charge on any atom is 0.0957 e. The first-order chi connectivity index (χ1) is 9.13. The highest BCUT2D eigenvalue weighted by Crippen LogP contribution is 2.37. The number of aryl methyl sites for hydroxylation is 1. The average molecular weight is 373 g/mol. The molecule has 0 radical (unpaired) electrons. The van der Waals surface area contributed by atoms with Crippen LogP contribution < -0.4 is 0 Å². The standard InChI is InChI=1S/C14H11BrClNS2/c1-8-6-12(19-14(8)15)9(16)7-13-17-10-4-2-3-5-11(10)18-13/h2-6,9H,7H2,1H3. The normalized spacial score (nSPS) is 13.0. The van der Waals surface area contributed by atoms with E-state index in [1.807, 2.05) is 18.2 Å². The number of halogens is 2. The van der Waals surface area contributed by atoms with Crippen molar-refractivity contribution in [1.82, 2.24) is 4.98 Å². The van der Waals surface area contributed by atoms with Gasteiger partial charge in [0, 0.05) is 11.3 Å². The molecule has 0 N–H and O–H groups in total. The highest BCUT2D eigenvalue weighted by Gasteiger charge is 2.15. The van der Waals surface area contributed by atoms with Crippen LogP contribution in [0.3, 0.4) is 0 Å². The lowest BCUT2D eigenvalue weighted by Crippen LogP contribution is -1.92. The molecule has 5 heteroatoms. The Bertz CT molecular complexity index is 667. The second-order valence-corrected chi connectivity index (χ2v) is 8.40. The zero-order chi connectivity index (χ0) is 13.4. The number of thiophene rings is 1. The topological polar surface area (TPSA) is 12.9 Å². The van der Waals surface area contributed by atoms with Crippen LogP contribution in [-0.4, -0.2) is 4.98 Å². The fourth-order valence-corrected chi connectivity index (χ4v) is 4.89. The molecule has 2 heterocycles. The van der Waals surface area contributed by atoms with Crippen LogP contribution in [0.2, 0.25) is 0 Å². The molecule has 1 unspecified atom stereocenters. The number of para-hydroxylation sites is 1. The fourth-order valence-electron chi connectivity index (χ4n) is 1.90. The Balaban J connectivity index is 1.84. The Kier molecular flexibility index (Phi) is 3.94. The van der Waals surface area contributed by atoms with Gasteiger partial charge in [-0.15, -0.1) is 34.3 Å². The molecule has 19 heavy (non-hydrogen) atoms. The largest absolute Gasteiger partial charge is 0.241 e. The van der Waals surface area contributed by atoms with Gasteiger partial charge in [-0.05, 0) is 46.6 Å². The zero-order valence-corrected chi connectivity index (χ0v) is 14.2. The van der Waals surface area contributed by atoms with E-state index in [4.69, 9.17) is 11.6 Å². The lowest BCUT2D eigenvalue weighted by atomic mass is 10.2. The lowest BCUT2D eigenvalue weighted by molar-refractivity contribution is 0.929. The Morgan fingerprint density at radius 1 is 1.32 bits per heavy atom. The van der Waals surface area contributed by atoms with E-state index in [1.165, 1.54) is 15.1 Å². The Morgan fingerprint density at radius 3 is 2.79 bits per heavy atom. The number of hydrogen-bond acceptors (Lipinski definition) is 3. The molecule has 1 nitrogen and oxygen atoms in total. The maximum absolute atomic E-state index is 6.51. The molecule has 3 aromatic rings. The van der Waals surface area contributed by atoms with Gasteiger partial charge in [0.25, 0.3) is 0 Å². The summed E-state index contributed by atoms with van der Waals surface area (Å²) in [6.07, 6.45) is 0.785. The van der Waals surface area contributed by atoms with Gasteiger partial charge in [-0.3, -0.25) is 0 Å². The molecule has 0 aliphatic heterocycles. The third-order valence-electron chi connectivity index (χ3n) is 2.88. The smallest absolute Gasteiger partial charge is 0.0957 e. The van der Waals surface area contributed by atoms with Gasteiger partial charge in [-0.2, -0.15) is 0 Å². The maximum atomic E-state index is 6.51. The number of fused-ring (bicyclic) bond motifs is 1. The molecule has 2 aromatic heterocycles. The number of thiazole rings is 1. The van der Waals surface area contributed by atoms with E-state index in [1.54, 1.807) is 22.7 Å². The summed E-state index contributed by atoms with van der Waals surface area (Å²) >= 11 is 13.5. The molecule has 0 saturated carbocycles. The summed E-state index contributed by atoms with van der Waals surface area (Å²) in [7, 11) is 0. The van der Waals surface area contributed by atoms with Gasteiger partial charge < -0.3 is 0 Å². The minimum absolute atomic E-state index is 0.00411. The summed E-state index contributed by atoms with van der Waals surface area (Å²) in [6.45, 7) is 2.09. The number of rotatable bonds is 3. The van der Waals surface area contributed by atoms with E-state index >= 15 is 0 Å². The molecule has 98 valence electrons. The number of aromatic nitrogens is 1. The van der Waals surface area contributed by atoms with Crippen molar-refractivity contribution < 1.29 is 0 Å². The highest BCUT2D eigenvalue weighted by atomic mass is 79.9. The van der Waals surface area contributed by atoms with Crippen molar-refractivity contribution in [2.45, 2.75) is 18.7 Å². The number of alkyl halides is 1. The van der Waals surface area contributed by atoms with Gasteiger partial charge in [-0.1, -0.05) is 12.1 Å². The molecule has 0 spiro atoms. The van der Waals surface area contributed by atoms with E-state index in [-0.39, 0.29) is 5.38 Å². The van der Waals surface area contributed by atoms with Gasteiger partial charge in [0.2, 0.25) is 0 Å². The summed E-state index contributed by atoms with van der Waals surface area (Å²) in [4.78, 5) is 5.83. The molecule has 0 aliphatic carbocycles. The monoisotopic (exact) mass is 371 g/mol. The quantitative estimate of drug-likeness (QED) is 0.517. The fraction of sp³-hybridized carbons (Fsp3) is 0.214. The van der Waals surface area contributed by atoms with Crippen molar-refractivity contribution in [3.63, 3.8) is 0 Å². The first kappa shape index (κ1) is 13.6. The molecule has 1 atom stereocenters. The summed E-state index contributed by atoms with van der Waals surface area (Å²) in [5.74, 6) is 0. The summed E-state index contributed by atoms with van der Waals surface area (Å²) in [5.41, 5.74) is 2.31. The third-order valence-corrected chi connectivity index (χ3v) is 6.70. The molecule has 0 amide bonds. The molecular formula is C14H11BrClNS2. The zero-order valence-electron chi connectivity index (χ0n) is 10.2. The van der Waals surface area contributed by atoms with E-state index in [0.29, 0.717) is 0 Å². The lowest BCUT2D eigenvalue weighted by Gasteiger charge is -2.03. The van der Waals surface area contributed by atoms with Crippen LogP contribution in [-0.2, 0) is 6.42 Å².